The third kappa shape index (κ3) is 6.02. The van der Waals surface area contributed by atoms with Crippen LogP contribution in [-0.4, -0.2) is 32.1 Å². The monoisotopic (exact) mass is 282 g/mol. The molecule has 0 aliphatic carbocycles. The quantitative estimate of drug-likeness (QED) is 0.682. The zero-order valence-electron chi connectivity index (χ0n) is 12.1. The highest BCUT2D eigenvalue weighted by molar-refractivity contribution is 5.75. The van der Waals surface area contributed by atoms with Crippen molar-refractivity contribution in [2.75, 3.05) is 20.1 Å². The van der Waals surface area contributed by atoms with Crippen LogP contribution in [0.4, 0.5) is 4.39 Å². The summed E-state index contributed by atoms with van der Waals surface area (Å²) in [6.45, 7) is 3.15. The SMILES string of the molecule is CCC(CNC(=O)CCCNC)Oc1ccccc1F. The lowest BCUT2D eigenvalue weighted by molar-refractivity contribution is -0.121. The van der Waals surface area contributed by atoms with Gasteiger partial charge < -0.3 is 15.4 Å². The topological polar surface area (TPSA) is 50.4 Å². The molecule has 0 fully saturated rings. The minimum Gasteiger partial charge on any atom is -0.486 e. The number of nitrogens with one attached hydrogen (secondary N) is 2. The van der Waals surface area contributed by atoms with Gasteiger partial charge in [0.1, 0.15) is 6.10 Å². The molecule has 0 radical (unpaired) electrons. The molecule has 1 unspecified atom stereocenters. The molecule has 112 valence electrons. The summed E-state index contributed by atoms with van der Waals surface area (Å²) in [5.41, 5.74) is 0. The lowest BCUT2D eigenvalue weighted by atomic mass is 10.2. The normalized spacial score (nSPS) is 11.9. The molecule has 20 heavy (non-hydrogen) atoms. The van der Waals surface area contributed by atoms with E-state index >= 15 is 0 Å². The maximum Gasteiger partial charge on any atom is 0.220 e. The molecule has 0 spiro atoms. The van der Waals surface area contributed by atoms with Crippen LogP contribution in [0.15, 0.2) is 24.3 Å². The van der Waals surface area contributed by atoms with Crippen LogP contribution in [0.3, 0.4) is 0 Å². The van der Waals surface area contributed by atoms with Crippen LogP contribution in [0.1, 0.15) is 26.2 Å². The Morgan fingerprint density at radius 2 is 2.15 bits per heavy atom. The maximum atomic E-state index is 13.5. The van der Waals surface area contributed by atoms with Gasteiger partial charge in [0.25, 0.3) is 0 Å². The van der Waals surface area contributed by atoms with Crippen molar-refractivity contribution in [3.8, 4) is 5.75 Å². The fourth-order valence-electron chi connectivity index (χ4n) is 1.73. The molecule has 0 aromatic heterocycles. The molecule has 0 saturated carbocycles. The second kappa shape index (κ2) is 9.31. The van der Waals surface area contributed by atoms with Crippen LogP contribution >= 0.6 is 0 Å². The van der Waals surface area contributed by atoms with Crippen molar-refractivity contribution in [3.63, 3.8) is 0 Å². The number of halogens is 1. The zero-order valence-corrected chi connectivity index (χ0v) is 12.1. The summed E-state index contributed by atoms with van der Waals surface area (Å²) in [6, 6.07) is 6.29. The summed E-state index contributed by atoms with van der Waals surface area (Å²) < 4.78 is 19.0. The van der Waals surface area contributed by atoms with Crippen LogP contribution in [0, 0.1) is 5.82 Å². The van der Waals surface area contributed by atoms with Crippen molar-refractivity contribution >= 4 is 5.91 Å². The Kier molecular flexibility index (Phi) is 7.65. The van der Waals surface area contributed by atoms with Crippen molar-refractivity contribution in [3.05, 3.63) is 30.1 Å². The van der Waals surface area contributed by atoms with Crippen molar-refractivity contribution in [1.82, 2.24) is 10.6 Å². The number of ether oxygens (including phenoxy) is 1. The Labute approximate surface area is 119 Å². The van der Waals surface area contributed by atoms with Crippen LogP contribution in [0.5, 0.6) is 5.75 Å². The molecule has 1 aromatic rings. The number of amides is 1. The fraction of sp³-hybridized carbons (Fsp3) is 0.533. The van der Waals surface area contributed by atoms with Crippen LogP contribution < -0.4 is 15.4 Å². The summed E-state index contributed by atoms with van der Waals surface area (Å²) in [6.07, 6.45) is 1.76. The van der Waals surface area contributed by atoms with Crippen molar-refractivity contribution in [2.45, 2.75) is 32.3 Å². The first-order valence-electron chi connectivity index (χ1n) is 6.99. The van der Waals surface area contributed by atoms with Gasteiger partial charge in [-0.3, -0.25) is 4.79 Å². The molecular formula is C15H23FN2O2. The smallest absolute Gasteiger partial charge is 0.220 e. The Morgan fingerprint density at radius 1 is 1.40 bits per heavy atom. The van der Waals surface area contributed by atoms with Gasteiger partial charge in [0, 0.05) is 6.42 Å². The Morgan fingerprint density at radius 3 is 2.80 bits per heavy atom. The van der Waals surface area contributed by atoms with Gasteiger partial charge in [0.15, 0.2) is 11.6 Å². The third-order valence-electron chi connectivity index (χ3n) is 2.94. The van der Waals surface area contributed by atoms with Gasteiger partial charge in [0.05, 0.1) is 6.54 Å². The minimum absolute atomic E-state index is 0.00386. The molecule has 2 N–H and O–H groups in total. The number of rotatable bonds is 9. The van der Waals surface area contributed by atoms with E-state index in [9.17, 15) is 9.18 Å². The molecule has 0 aliphatic heterocycles. The Balaban J connectivity index is 2.36. The summed E-state index contributed by atoms with van der Waals surface area (Å²) in [5, 5.41) is 5.81. The van der Waals surface area contributed by atoms with E-state index < -0.39 is 0 Å². The Bertz CT molecular complexity index is 413. The number of hydrogen-bond acceptors (Lipinski definition) is 3. The first-order chi connectivity index (χ1) is 9.67. The van der Waals surface area contributed by atoms with E-state index in [0.29, 0.717) is 19.4 Å². The summed E-state index contributed by atoms with van der Waals surface area (Å²) in [5.74, 6) is -0.161. The van der Waals surface area contributed by atoms with E-state index in [0.717, 1.165) is 13.0 Å². The number of carbonyl (C=O) groups is 1. The van der Waals surface area contributed by atoms with Gasteiger partial charge in [-0.2, -0.15) is 0 Å². The summed E-state index contributed by atoms with van der Waals surface area (Å²) >= 11 is 0. The van der Waals surface area contributed by atoms with Crippen molar-refractivity contribution < 1.29 is 13.9 Å². The number of para-hydroxylation sites is 1. The molecule has 0 heterocycles. The highest BCUT2D eigenvalue weighted by Gasteiger charge is 2.12. The van der Waals surface area contributed by atoms with Gasteiger partial charge >= 0.3 is 0 Å². The van der Waals surface area contributed by atoms with Crippen LogP contribution in [-0.2, 0) is 4.79 Å². The zero-order chi connectivity index (χ0) is 14.8. The summed E-state index contributed by atoms with van der Waals surface area (Å²) in [7, 11) is 1.85. The van der Waals surface area contributed by atoms with Gasteiger partial charge in [-0.05, 0) is 38.6 Å². The van der Waals surface area contributed by atoms with E-state index in [1.165, 1.54) is 6.07 Å². The molecule has 1 atom stereocenters. The second-order valence-corrected chi connectivity index (χ2v) is 4.59. The highest BCUT2D eigenvalue weighted by Crippen LogP contribution is 2.17. The van der Waals surface area contributed by atoms with Crippen LogP contribution in [0.2, 0.25) is 0 Å². The molecule has 4 nitrogen and oxygen atoms in total. The third-order valence-corrected chi connectivity index (χ3v) is 2.94. The average Bonchev–Trinajstić information content (AvgIpc) is 2.45. The predicted octanol–water partition coefficient (Wildman–Crippen LogP) is 2.10. The van der Waals surface area contributed by atoms with Gasteiger partial charge in [-0.15, -0.1) is 0 Å². The standard InChI is InChI=1S/C15H23FN2O2/c1-3-12(11-18-15(19)9-6-10-17-2)20-14-8-5-4-7-13(14)16/h4-5,7-8,12,17H,3,6,9-11H2,1-2H3,(H,18,19). The van der Waals surface area contributed by atoms with E-state index in [-0.39, 0.29) is 23.6 Å². The van der Waals surface area contributed by atoms with E-state index in [1.54, 1.807) is 18.2 Å². The number of benzene rings is 1. The predicted molar refractivity (Wildman–Crippen MR) is 77.3 cm³/mol. The lowest BCUT2D eigenvalue weighted by Crippen LogP contribution is -2.35. The van der Waals surface area contributed by atoms with E-state index in [4.69, 9.17) is 4.74 Å². The van der Waals surface area contributed by atoms with Gasteiger partial charge in [-0.1, -0.05) is 19.1 Å². The summed E-state index contributed by atoms with van der Waals surface area (Å²) in [4.78, 5) is 11.6. The molecule has 0 aliphatic rings. The molecule has 1 rings (SSSR count). The van der Waals surface area contributed by atoms with Gasteiger partial charge in [-0.25, -0.2) is 4.39 Å². The van der Waals surface area contributed by atoms with E-state index in [1.807, 2.05) is 14.0 Å². The number of hydrogen-bond donors (Lipinski definition) is 2. The molecule has 0 saturated heterocycles. The minimum atomic E-state index is -0.383. The van der Waals surface area contributed by atoms with Crippen molar-refractivity contribution in [2.24, 2.45) is 0 Å². The largest absolute Gasteiger partial charge is 0.486 e. The number of carbonyl (C=O) groups excluding carboxylic acids is 1. The first kappa shape index (κ1) is 16.4. The molecule has 5 heteroatoms. The first-order valence-corrected chi connectivity index (χ1v) is 6.99. The van der Waals surface area contributed by atoms with Crippen molar-refractivity contribution in [1.29, 1.82) is 0 Å². The highest BCUT2D eigenvalue weighted by atomic mass is 19.1. The molecule has 0 bridgehead atoms. The molecule has 1 aromatic carbocycles. The molecule has 1 amide bonds. The second-order valence-electron chi connectivity index (χ2n) is 4.59. The Hall–Kier alpha value is -1.62. The average molecular weight is 282 g/mol. The van der Waals surface area contributed by atoms with Gasteiger partial charge in [0.2, 0.25) is 5.91 Å². The fourth-order valence-corrected chi connectivity index (χ4v) is 1.73. The lowest BCUT2D eigenvalue weighted by Gasteiger charge is -2.18. The maximum absolute atomic E-state index is 13.5. The van der Waals surface area contributed by atoms with Crippen LogP contribution in [0.25, 0.3) is 0 Å². The van der Waals surface area contributed by atoms with E-state index in [2.05, 4.69) is 10.6 Å². The molecular weight excluding hydrogens is 259 g/mol.